The first-order valence-corrected chi connectivity index (χ1v) is 26.3. The van der Waals surface area contributed by atoms with Gasteiger partial charge in [0.05, 0.1) is 5.41 Å². The Kier molecular flexibility index (Phi) is 9.09. The van der Waals surface area contributed by atoms with Crippen molar-refractivity contribution in [1.82, 2.24) is 15.0 Å². The van der Waals surface area contributed by atoms with Crippen LogP contribution in [-0.2, 0) is 5.41 Å². The van der Waals surface area contributed by atoms with Crippen LogP contribution in [0.15, 0.2) is 253 Å². The van der Waals surface area contributed by atoms with Crippen LogP contribution in [0.3, 0.4) is 0 Å². The van der Waals surface area contributed by atoms with Gasteiger partial charge in [0.25, 0.3) is 0 Å². The molecule has 16 rings (SSSR count). The molecule has 11 aromatic carbocycles. The van der Waals surface area contributed by atoms with Crippen molar-refractivity contribution >= 4 is 53.4 Å². The predicted molar refractivity (Wildman–Crippen MR) is 309 cm³/mol. The minimum absolute atomic E-state index is 0.457. The fraction of sp³-hybridized carbons (Fsp3) is 0.0143. The second-order valence-corrected chi connectivity index (χ2v) is 20.8. The molecule has 3 heterocycles. The summed E-state index contributed by atoms with van der Waals surface area (Å²) in [6.45, 7) is 0. The quantitative estimate of drug-likeness (QED) is 0.167. The molecule has 0 bridgehead atoms. The predicted octanol–water partition coefficient (Wildman–Crippen LogP) is 18.5. The molecular formula is C70H41N3OS. The van der Waals surface area contributed by atoms with E-state index in [2.05, 4.69) is 231 Å². The van der Waals surface area contributed by atoms with Gasteiger partial charge in [0.1, 0.15) is 11.2 Å². The number of thiophene rings is 1. The fourth-order valence-electron chi connectivity index (χ4n) is 12.5. The maximum absolute atomic E-state index is 6.69. The highest BCUT2D eigenvalue weighted by atomic mass is 32.1. The number of fused-ring (bicyclic) bond motifs is 16. The van der Waals surface area contributed by atoms with Crippen molar-refractivity contribution in [3.63, 3.8) is 0 Å². The Morgan fingerprint density at radius 1 is 0.293 bits per heavy atom. The van der Waals surface area contributed by atoms with Crippen molar-refractivity contribution in [3.05, 3.63) is 271 Å². The summed E-state index contributed by atoms with van der Waals surface area (Å²) in [6, 6.07) is 89.9. The second kappa shape index (κ2) is 16.2. The van der Waals surface area contributed by atoms with E-state index in [0.717, 1.165) is 60.9 Å². The van der Waals surface area contributed by atoms with Gasteiger partial charge in [0.15, 0.2) is 17.5 Å². The molecule has 0 radical (unpaired) electrons. The molecule has 0 N–H and O–H groups in total. The molecule has 2 aliphatic rings. The van der Waals surface area contributed by atoms with Gasteiger partial charge in [-0.05, 0) is 120 Å². The molecule has 0 aliphatic heterocycles. The molecule has 75 heavy (non-hydrogen) atoms. The SMILES string of the molecule is c1ccc(-c2cccc(-c3nc(-c4ccc5c(c4)sc4ccccc45)nc(-c4cccc5oc6ccc(-c7cccc(-c8cccc9c8C8(c%10ccccc%10-c%10ccccc%108)c8ccccc8-9)c7)cc6c45)n3)c2)cc1. The Morgan fingerprint density at radius 3 is 1.57 bits per heavy atom. The third-order valence-electron chi connectivity index (χ3n) is 15.8. The average molecular weight is 972 g/mol. The van der Waals surface area contributed by atoms with Gasteiger partial charge in [-0.1, -0.05) is 206 Å². The topological polar surface area (TPSA) is 51.8 Å². The number of hydrogen-bond acceptors (Lipinski definition) is 5. The Hall–Kier alpha value is -9.55. The molecule has 0 unspecified atom stereocenters. The molecule has 0 amide bonds. The van der Waals surface area contributed by atoms with Crippen molar-refractivity contribution in [2.75, 3.05) is 0 Å². The van der Waals surface area contributed by atoms with E-state index in [-0.39, 0.29) is 0 Å². The zero-order valence-electron chi connectivity index (χ0n) is 40.3. The molecular weight excluding hydrogens is 931 g/mol. The maximum Gasteiger partial charge on any atom is 0.164 e. The van der Waals surface area contributed by atoms with Gasteiger partial charge in [0, 0.05) is 47.6 Å². The molecule has 2 aliphatic carbocycles. The van der Waals surface area contributed by atoms with Gasteiger partial charge in [-0.3, -0.25) is 0 Å². The first-order valence-electron chi connectivity index (χ1n) is 25.5. The summed E-state index contributed by atoms with van der Waals surface area (Å²) in [5.41, 5.74) is 21.2. The number of hydrogen-bond donors (Lipinski definition) is 0. The van der Waals surface area contributed by atoms with Gasteiger partial charge >= 0.3 is 0 Å². The monoisotopic (exact) mass is 971 g/mol. The second-order valence-electron chi connectivity index (χ2n) is 19.7. The Balaban J connectivity index is 0.856. The molecule has 0 saturated carbocycles. The van der Waals surface area contributed by atoms with Crippen molar-refractivity contribution in [2.45, 2.75) is 5.41 Å². The van der Waals surface area contributed by atoms with Gasteiger partial charge in [0.2, 0.25) is 0 Å². The van der Waals surface area contributed by atoms with E-state index in [0.29, 0.717) is 17.5 Å². The van der Waals surface area contributed by atoms with Crippen LogP contribution in [-0.4, -0.2) is 15.0 Å². The van der Waals surface area contributed by atoms with Gasteiger partial charge in [-0.2, -0.15) is 0 Å². The summed E-state index contributed by atoms with van der Waals surface area (Å²) >= 11 is 1.79. The molecule has 4 nitrogen and oxygen atoms in total. The minimum Gasteiger partial charge on any atom is -0.456 e. The lowest BCUT2D eigenvalue weighted by molar-refractivity contribution is 0.669. The lowest BCUT2D eigenvalue weighted by Crippen LogP contribution is -2.26. The Labute approximate surface area is 436 Å². The van der Waals surface area contributed by atoms with Gasteiger partial charge in [-0.25, -0.2) is 15.0 Å². The van der Waals surface area contributed by atoms with Crippen LogP contribution >= 0.6 is 11.3 Å². The largest absolute Gasteiger partial charge is 0.456 e. The summed E-state index contributed by atoms with van der Waals surface area (Å²) in [7, 11) is 0. The van der Waals surface area contributed by atoms with Crippen LogP contribution in [0.5, 0.6) is 0 Å². The van der Waals surface area contributed by atoms with E-state index in [4.69, 9.17) is 19.4 Å². The van der Waals surface area contributed by atoms with Crippen molar-refractivity contribution in [3.8, 4) is 89.8 Å². The van der Waals surface area contributed by atoms with Crippen molar-refractivity contribution < 1.29 is 4.42 Å². The van der Waals surface area contributed by atoms with Crippen LogP contribution in [0.1, 0.15) is 22.3 Å². The van der Waals surface area contributed by atoms with E-state index in [9.17, 15) is 0 Å². The van der Waals surface area contributed by atoms with Crippen LogP contribution < -0.4 is 0 Å². The molecule has 1 spiro atoms. The van der Waals surface area contributed by atoms with E-state index in [1.54, 1.807) is 11.3 Å². The van der Waals surface area contributed by atoms with E-state index in [1.807, 2.05) is 18.2 Å². The van der Waals surface area contributed by atoms with Crippen LogP contribution in [0.25, 0.3) is 132 Å². The van der Waals surface area contributed by atoms with Gasteiger partial charge in [-0.15, -0.1) is 11.3 Å². The van der Waals surface area contributed by atoms with Crippen LogP contribution in [0, 0.1) is 0 Å². The molecule has 0 atom stereocenters. The van der Waals surface area contributed by atoms with Crippen molar-refractivity contribution in [1.29, 1.82) is 0 Å². The van der Waals surface area contributed by atoms with E-state index >= 15 is 0 Å². The number of aromatic nitrogens is 3. The Morgan fingerprint density at radius 2 is 0.800 bits per heavy atom. The fourth-order valence-corrected chi connectivity index (χ4v) is 13.7. The number of benzene rings is 11. The first kappa shape index (κ1) is 42.0. The molecule has 14 aromatic rings. The molecule has 0 fully saturated rings. The maximum atomic E-state index is 6.69. The standard InChI is InChI=1S/C70H41N3OS/c1-2-16-42(17-3-1)43-18-13-21-47(39-43)67-71-68(48-34-36-54-53-25-7-11-33-63(53)75-64(54)41-48)73-69(72-67)56-28-15-32-62-65(56)57-40-45(35-37-61(57)74-62)44-19-12-20-46(38-44)49-26-14-27-55-52-24-6-10-31-60(52)70(66(49)55)58-29-8-4-22-50(58)51-23-5-9-30-59(51)70/h1-41H. The summed E-state index contributed by atoms with van der Waals surface area (Å²) < 4.78 is 9.14. The summed E-state index contributed by atoms with van der Waals surface area (Å²) in [4.78, 5) is 15.9. The molecule has 5 heteroatoms. The third kappa shape index (κ3) is 6.26. The summed E-state index contributed by atoms with van der Waals surface area (Å²) in [5, 5.41) is 4.45. The summed E-state index contributed by atoms with van der Waals surface area (Å²) in [6.07, 6.45) is 0. The molecule has 348 valence electrons. The van der Waals surface area contributed by atoms with Crippen LogP contribution in [0.4, 0.5) is 0 Å². The summed E-state index contributed by atoms with van der Waals surface area (Å²) in [5.74, 6) is 1.80. The average Bonchev–Trinajstić information content (AvgIpc) is 4.40. The zero-order valence-corrected chi connectivity index (χ0v) is 41.1. The third-order valence-corrected chi connectivity index (χ3v) is 16.9. The number of rotatable bonds is 6. The number of nitrogens with zero attached hydrogens (tertiary/aromatic N) is 3. The van der Waals surface area contributed by atoms with Gasteiger partial charge < -0.3 is 4.42 Å². The highest BCUT2D eigenvalue weighted by Gasteiger charge is 2.52. The minimum atomic E-state index is -0.457. The lowest BCUT2D eigenvalue weighted by atomic mass is 9.68. The Bertz CT molecular complexity index is 4620. The molecule has 0 saturated heterocycles. The smallest absolute Gasteiger partial charge is 0.164 e. The molecule has 3 aromatic heterocycles. The van der Waals surface area contributed by atoms with E-state index < -0.39 is 5.41 Å². The first-order chi connectivity index (χ1) is 37.2. The van der Waals surface area contributed by atoms with E-state index in [1.165, 1.54) is 75.8 Å². The zero-order chi connectivity index (χ0) is 49.2. The van der Waals surface area contributed by atoms with Crippen molar-refractivity contribution in [2.24, 2.45) is 0 Å². The highest BCUT2D eigenvalue weighted by molar-refractivity contribution is 7.25. The highest BCUT2D eigenvalue weighted by Crippen LogP contribution is 2.64. The number of furan rings is 1. The lowest BCUT2D eigenvalue weighted by Gasteiger charge is -2.32. The normalized spacial score (nSPS) is 12.9. The van der Waals surface area contributed by atoms with Crippen LogP contribution in [0.2, 0.25) is 0 Å².